The van der Waals surface area contributed by atoms with Gasteiger partial charge < -0.3 is 5.73 Å². The standard InChI is InChI=1S/C17H28F6N2S2/c18-16(19,20)14(24)10-3-7-13(8-4-10)27-9-25-15(17(21,22)23)11-1-5-12(26)6-2-11/h10-15,25-26H,1-9,24H2. The van der Waals surface area contributed by atoms with E-state index in [0.29, 0.717) is 51.4 Å². The largest absolute Gasteiger partial charge is 0.404 e. The fourth-order valence-electron chi connectivity index (χ4n) is 4.12. The lowest BCUT2D eigenvalue weighted by Gasteiger charge is -2.35. The van der Waals surface area contributed by atoms with Gasteiger partial charge >= 0.3 is 12.4 Å². The van der Waals surface area contributed by atoms with Crippen LogP contribution in [0.2, 0.25) is 0 Å². The zero-order valence-corrected chi connectivity index (χ0v) is 16.7. The van der Waals surface area contributed by atoms with Gasteiger partial charge in [-0.15, -0.1) is 11.8 Å². The Morgan fingerprint density at radius 3 is 1.85 bits per heavy atom. The van der Waals surface area contributed by atoms with E-state index in [1.807, 2.05) is 0 Å². The first-order chi connectivity index (χ1) is 12.5. The van der Waals surface area contributed by atoms with Crippen molar-refractivity contribution in [3.63, 3.8) is 0 Å². The summed E-state index contributed by atoms with van der Waals surface area (Å²) < 4.78 is 78.3. The zero-order valence-electron chi connectivity index (χ0n) is 15.0. The number of rotatable bonds is 6. The number of thiol groups is 1. The van der Waals surface area contributed by atoms with Gasteiger partial charge in [0.2, 0.25) is 0 Å². The Morgan fingerprint density at radius 2 is 1.37 bits per heavy atom. The summed E-state index contributed by atoms with van der Waals surface area (Å²) in [4.78, 5) is 0. The average molecular weight is 439 g/mol. The Hall–Kier alpha value is 0.200. The van der Waals surface area contributed by atoms with Crippen LogP contribution in [0.1, 0.15) is 51.4 Å². The van der Waals surface area contributed by atoms with Gasteiger partial charge in [0.05, 0.1) is 0 Å². The molecule has 0 radical (unpaired) electrons. The van der Waals surface area contributed by atoms with Crippen molar-refractivity contribution < 1.29 is 26.3 Å². The van der Waals surface area contributed by atoms with E-state index in [0.717, 1.165) is 0 Å². The van der Waals surface area contributed by atoms with Gasteiger partial charge in [0.1, 0.15) is 12.1 Å². The maximum Gasteiger partial charge on any atom is 0.404 e. The van der Waals surface area contributed by atoms with Crippen molar-refractivity contribution >= 4 is 24.4 Å². The molecule has 0 aromatic heterocycles. The van der Waals surface area contributed by atoms with Crippen LogP contribution in [-0.4, -0.2) is 40.8 Å². The second-order valence-electron chi connectivity index (χ2n) is 7.71. The fraction of sp³-hybridized carbons (Fsp3) is 1.00. The molecule has 0 aliphatic heterocycles. The lowest BCUT2D eigenvalue weighted by molar-refractivity contribution is -0.169. The maximum absolute atomic E-state index is 13.4. The highest BCUT2D eigenvalue weighted by Crippen LogP contribution is 2.39. The molecule has 0 amide bonds. The van der Waals surface area contributed by atoms with Crippen LogP contribution in [0, 0.1) is 11.8 Å². The first-order valence-corrected chi connectivity index (χ1v) is 11.0. The highest BCUT2D eigenvalue weighted by atomic mass is 32.2. The fourth-order valence-corrected chi connectivity index (χ4v) is 5.54. The highest BCUT2D eigenvalue weighted by Gasteiger charge is 2.45. The molecule has 2 nitrogen and oxygen atoms in total. The third-order valence-corrected chi connectivity index (χ3v) is 7.58. The van der Waals surface area contributed by atoms with E-state index in [9.17, 15) is 26.3 Å². The molecule has 2 rings (SSSR count). The summed E-state index contributed by atoms with van der Waals surface area (Å²) in [5, 5.41) is 2.92. The number of hydrogen-bond donors (Lipinski definition) is 3. The van der Waals surface area contributed by atoms with E-state index in [1.165, 1.54) is 11.8 Å². The first kappa shape index (κ1) is 23.5. The van der Waals surface area contributed by atoms with Crippen LogP contribution in [0.4, 0.5) is 26.3 Å². The minimum Gasteiger partial charge on any atom is -0.320 e. The Balaban J connectivity index is 1.76. The van der Waals surface area contributed by atoms with E-state index < -0.39 is 36.3 Å². The van der Waals surface area contributed by atoms with Crippen molar-refractivity contribution in [3.8, 4) is 0 Å². The second-order valence-corrected chi connectivity index (χ2v) is 9.73. The minimum atomic E-state index is -4.39. The number of halogens is 6. The Morgan fingerprint density at radius 1 is 0.852 bits per heavy atom. The maximum atomic E-state index is 13.4. The summed E-state index contributed by atoms with van der Waals surface area (Å²) in [7, 11) is 0. The Labute approximate surface area is 166 Å². The molecule has 0 aromatic carbocycles. The molecule has 0 spiro atoms. The molecule has 0 heterocycles. The second kappa shape index (κ2) is 9.80. The van der Waals surface area contributed by atoms with E-state index >= 15 is 0 Å². The third kappa shape index (κ3) is 7.19. The normalized spacial score (nSPS) is 32.9. The summed E-state index contributed by atoms with van der Waals surface area (Å²) in [5.74, 6) is -0.866. The van der Waals surface area contributed by atoms with Crippen LogP contribution in [0.3, 0.4) is 0 Å². The summed E-state index contributed by atoms with van der Waals surface area (Å²) in [6.45, 7) is 0. The van der Waals surface area contributed by atoms with Crippen molar-refractivity contribution in [1.29, 1.82) is 0 Å². The quantitative estimate of drug-likeness (QED) is 0.306. The summed E-state index contributed by atoms with van der Waals surface area (Å²) in [6, 6.07) is -3.33. The SMILES string of the molecule is NC(C1CCC(SCNC(C2CCC(S)CC2)C(F)(F)F)CC1)C(F)(F)F. The molecule has 27 heavy (non-hydrogen) atoms. The van der Waals surface area contributed by atoms with Crippen LogP contribution in [0.5, 0.6) is 0 Å². The molecule has 0 aromatic rings. The van der Waals surface area contributed by atoms with E-state index in [-0.39, 0.29) is 16.4 Å². The minimum absolute atomic E-state index is 0.0799. The molecule has 0 saturated heterocycles. The molecule has 160 valence electrons. The van der Waals surface area contributed by atoms with E-state index in [4.69, 9.17) is 5.73 Å². The molecule has 2 aliphatic rings. The van der Waals surface area contributed by atoms with Crippen molar-refractivity contribution in [1.82, 2.24) is 5.32 Å². The van der Waals surface area contributed by atoms with E-state index in [2.05, 4.69) is 17.9 Å². The average Bonchev–Trinajstić information content (AvgIpc) is 2.58. The predicted octanol–water partition coefficient (Wildman–Crippen LogP) is 5.13. The predicted molar refractivity (Wildman–Crippen MR) is 99.9 cm³/mol. The topological polar surface area (TPSA) is 38.0 Å². The van der Waals surface area contributed by atoms with Crippen molar-refractivity contribution in [3.05, 3.63) is 0 Å². The molecular formula is C17H28F6N2S2. The van der Waals surface area contributed by atoms with Gasteiger partial charge in [-0.25, -0.2) is 0 Å². The molecule has 2 unspecified atom stereocenters. The van der Waals surface area contributed by atoms with Gasteiger partial charge in [-0.1, -0.05) is 0 Å². The molecule has 2 atom stereocenters. The van der Waals surface area contributed by atoms with Crippen molar-refractivity contribution in [2.75, 3.05) is 5.88 Å². The molecule has 2 saturated carbocycles. The summed E-state index contributed by atoms with van der Waals surface area (Å²) in [5.41, 5.74) is 5.28. The first-order valence-electron chi connectivity index (χ1n) is 9.40. The third-order valence-electron chi connectivity index (χ3n) is 5.79. The van der Waals surface area contributed by atoms with Gasteiger partial charge in [-0.3, -0.25) is 5.32 Å². The van der Waals surface area contributed by atoms with Gasteiger partial charge in [0, 0.05) is 16.4 Å². The van der Waals surface area contributed by atoms with Crippen LogP contribution >= 0.6 is 24.4 Å². The highest BCUT2D eigenvalue weighted by molar-refractivity contribution is 7.99. The smallest absolute Gasteiger partial charge is 0.320 e. The van der Waals surface area contributed by atoms with Gasteiger partial charge in [0.15, 0.2) is 0 Å². The Bertz CT molecular complexity index is 444. The molecule has 3 N–H and O–H groups in total. The number of hydrogen-bond acceptors (Lipinski definition) is 4. The van der Waals surface area contributed by atoms with Gasteiger partial charge in [0.25, 0.3) is 0 Å². The molecule has 2 fully saturated rings. The molecule has 2 aliphatic carbocycles. The number of thioether (sulfide) groups is 1. The van der Waals surface area contributed by atoms with E-state index in [1.54, 1.807) is 0 Å². The van der Waals surface area contributed by atoms with Crippen LogP contribution in [0.25, 0.3) is 0 Å². The molecular weight excluding hydrogens is 410 g/mol. The van der Waals surface area contributed by atoms with Crippen LogP contribution in [-0.2, 0) is 0 Å². The van der Waals surface area contributed by atoms with Crippen molar-refractivity contribution in [2.24, 2.45) is 17.6 Å². The number of alkyl halides is 6. The number of nitrogens with one attached hydrogen (secondary N) is 1. The van der Waals surface area contributed by atoms with Crippen molar-refractivity contribution in [2.45, 2.75) is 86.3 Å². The summed E-state index contributed by atoms with van der Waals surface area (Å²) in [6.07, 6.45) is -4.43. The lowest BCUT2D eigenvalue weighted by Crippen LogP contribution is -2.49. The van der Waals surface area contributed by atoms with Gasteiger partial charge in [-0.05, 0) is 63.2 Å². The lowest BCUT2D eigenvalue weighted by atomic mass is 9.83. The Kier molecular flexibility index (Phi) is 8.52. The summed E-state index contributed by atoms with van der Waals surface area (Å²) >= 11 is 5.72. The van der Waals surface area contributed by atoms with Gasteiger partial charge in [-0.2, -0.15) is 39.0 Å². The monoisotopic (exact) mass is 438 g/mol. The van der Waals surface area contributed by atoms with Crippen LogP contribution in [0.15, 0.2) is 0 Å². The molecule has 0 bridgehead atoms. The van der Waals surface area contributed by atoms with Crippen LogP contribution < -0.4 is 11.1 Å². The molecule has 10 heteroatoms. The zero-order chi connectivity index (χ0) is 20.2. The number of nitrogens with two attached hydrogens (primary N) is 1.